The Morgan fingerprint density at radius 2 is 1.82 bits per heavy atom. The molecule has 2 aromatic carbocycles. The number of aromatic nitrogens is 4. The van der Waals surface area contributed by atoms with Crippen LogP contribution in [0.3, 0.4) is 0 Å². The average Bonchev–Trinajstić information content (AvgIpc) is 3.43. The number of aliphatic hydroxyl groups is 1. The van der Waals surface area contributed by atoms with Gasteiger partial charge in [0.2, 0.25) is 5.91 Å². The summed E-state index contributed by atoms with van der Waals surface area (Å²) in [4.78, 5) is 52.8. The van der Waals surface area contributed by atoms with Crippen LogP contribution in [-0.2, 0) is 33.7 Å². The lowest BCUT2D eigenvalue weighted by Gasteiger charge is -2.47. The van der Waals surface area contributed by atoms with Crippen LogP contribution in [0.25, 0.3) is 11.2 Å². The SMILES string of the molecule is CCCCOc1nc(N)c2[nH]c(=O)n(C3CN(C(CCC)C(=O)NCc4ccc(CC(=O)OC)cc4)CCC3(O)Cc3ccccc3)c2n1. The van der Waals surface area contributed by atoms with Gasteiger partial charge in [-0.15, -0.1) is 0 Å². The Hall–Kier alpha value is -4.75. The minimum Gasteiger partial charge on any atom is -0.469 e. The van der Waals surface area contributed by atoms with Crippen LogP contribution in [0.2, 0.25) is 0 Å². The number of rotatable bonds is 15. The van der Waals surface area contributed by atoms with E-state index in [-0.39, 0.29) is 47.8 Å². The number of nitrogens with zero attached hydrogens (tertiary/aromatic N) is 4. The fourth-order valence-corrected chi connectivity index (χ4v) is 6.49. The monoisotopic (exact) mass is 673 g/mol. The quantitative estimate of drug-likeness (QED) is 0.108. The first-order valence-corrected chi connectivity index (χ1v) is 17.0. The highest BCUT2D eigenvalue weighted by atomic mass is 16.5. The molecule has 0 bridgehead atoms. The summed E-state index contributed by atoms with van der Waals surface area (Å²) in [6.07, 6.45) is 3.85. The molecular weight excluding hydrogens is 626 g/mol. The number of anilines is 1. The van der Waals surface area contributed by atoms with E-state index in [0.717, 1.165) is 36.0 Å². The van der Waals surface area contributed by atoms with Crippen molar-refractivity contribution < 1.29 is 24.2 Å². The third kappa shape index (κ3) is 8.46. The van der Waals surface area contributed by atoms with Gasteiger partial charge in [-0.1, -0.05) is 81.3 Å². The number of benzene rings is 2. The minimum atomic E-state index is -1.35. The Morgan fingerprint density at radius 3 is 2.51 bits per heavy atom. The fraction of sp³-hybridized carbons (Fsp3) is 0.472. The second kappa shape index (κ2) is 16.1. The number of nitrogen functional groups attached to an aromatic ring is 1. The van der Waals surface area contributed by atoms with Crippen molar-refractivity contribution in [3.05, 3.63) is 81.8 Å². The predicted molar refractivity (Wildman–Crippen MR) is 186 cm³/mol. The maximum Gasteiger partial charge on any atom is 0.328 e. The highest BCUT2D eigenvalue weighted by molar-refractivity contribution is 5.82. The molecule has 1 saturated heterocycles. The van der Waals surface area contributed by atoms with E-state index in [1.165, 1.54) is 11.7 Å². The Morgan fingerprint density at radius 1 is 1.08 bits per heavy atom. The summed E-state index contributed by atoms with van der Waals surface area (Å²) in [7, 11) is 1.36. The number of imidazole rings is 1. The zero-order chi connectivity index (χ0) is 35.0. The molecule has 3 atom stereocenters. The van der Waals surface area contributed by atoms with Gasteiger partial charge in [-0.2, -0.15) is 9.97 Å². The lowest BCUT2D eigenvalue weighted by atomic mass is 9.80. The van der Waals surface area contributed by atoms with Crippen molar-refractivity contribution >= 4 is 28.9 Å². The van der Waals surface area contributed by atoms with Gasteiger partial charge in [0.25, 0.3) is 0 Å². The van der Waals surface area contributed by atoms with Gasteiger partial charge in [0.15, 0.2) is 11.5 Å². The summed E-state index contributed by atoms with van der Waals surface area (Å²) in [6, 6.07) is 15.9. The number of methoxy groups -OCH3 is 1. The molecule has 4 aromatic rings. The normalized spacial score (nSPS) is 18.7. The molecule has 262 valence electrons. The molecule has 3 unspecified atom stereocenters. The molecule has 5 rings (SSSR count). The van der Waals surface area contributed by atoms with Crippen molar-refractivity contribution in [1.82, 2.24) is 29.7 Å². The third-order valence-corrected chi connectivity index (χ3v) is 9.20. The molecule has 13 heteroatoms. The van der Waals surface area contributed by atoms with Gasteiger partial charge >= 0.3 is 17.7 Å². The van der Waals surface area contributed by atoms with E-state index < -0.39 is 23.4 Å². The largest absolute Gasteiger partial charge is 0.469 e. The van der Waals surface area contributed by atoms with E-state index in [0.29, 0.717) is 39.0 Å². The molecule has 0 radical (unpaired) electrons. The number of H-pyrrole nitrogens is 1. The summed E-state index contributed by atoms with van der Waals surface area (Å²) in [5.41, 5.74) is 7.61. The van der Waals surface area contributed by atoms with Gasteiger partial charge < -0.3 is 30.6 Å². The van der Waals surface area contributed by atoms with Crippen molar-refractivity contribution in [2.75, 3.05) is 32.5 Å². The first-order chi connectivity index (χ1) is 23.6. The number of ether oxygens (including phenoxy) is 2. The zero-order valence-corrected chi connectivity index (χ0v) is 28.5. The molecule has 3 heterocycles. The van der Waals surface area contributed by atoms with Gasteiger partial charge in [0.05, 0.1) is 37.8 Å². The van der Waals surface area contributed by atoms with Crippen LogP contribution in [0.15, 0.2) is 59.4 Å². The molecule has 1 amide bonds. The van der Waals surface area contributed by atoms with Crippen molar-refractivity contribution in [3.8, 4) is 6.01 Å². The number of hydrogen-bond acceptors (Lipinski definition) is 10. The number of piperidine rings is 1. The van der Waals surface area contributed by atoms with Crippen LogP contribution < -0.4 is 21.5 Å². The third-order valence-electron chi connectivity index (χ3n) is 9.20. The lowest BCUT2D eigenvalue weighted by Crippen LogP contribution is -2.59. The lowest BCUT2D eigenvalue weighted by molar-refractivity contribution is -0.139. The summed E-state index contributed by atoms with van der Waals surface area (Å²) in [5, 5.41) is 15.5. The topological polar surface area (TPSA) is 178 Å². The Balaban J connectivity index is 1.43. The highest BCUT2D eigenvalue weighted by Crippen LogP contribution is 2.37. The second-order valence-electron chi connectivity index (χ2n) is 12.7. The first kappa shape index (κ1) is 35.6. The molecule has 0 saturated carbocycles. The molecule has 1 fully saturated rings. The molecule has 0 spiro atoms. The average molecular weight is 674 g/mol. The van der Waals surface area contributed by atoms with Crippen molar-refractivity contribution in [2.24, 2.45) is 0 Å². The molecule has 2 aromatic heterocycles. The number of unbranched alkanes of at least 4 members (excludes halogenated alkanes) is 1. The highest BCUT2D eigenvalue weighted by Gasteiger charge is 2.46. The summed E-state index contributed by atoms with van der Waals surface area (Å²) >= 11 is 0. The fourth-order valence-electron chi connectivity index (χ4n) is 6.49. The number of nitrogens with one attached hydrogen (secondary N) is 2. The van der Waals surface area contributed by atoms with Gasteiger partial charge in [0, 0.05) is 26.1 Å². The van der Waals surface area contributed by atoms with Crippen LogP contribution in [0.5, 0.6) is 6.01 Å². The summed E-state index contributed by atoms with van der Waals surface area (Å²) < 4.78 is 12.0. The number of carbonyl (C=O) groups is 2. The summed E-state index contributed by atoms with van der Waals surface area (Å²) in [6.45, 7) is 5.44. The number of likely N-dealkylation sites (tertiary alicyclic amines) is 1. The Bertz CT molecular complexity index is 1770. The Labute approximate surface area is 285 Å². The van der Waals surface area contributed by atoms with Gasteiger partial charge in [-0.3, -0.25) is 19.1 Å². The Kier molecular flexibility index (Phi) is 11.7. The molecule has 0 aliphatic carbocycles. The van der Waals surface area contributed by atoms with E-state index in [9.17, 15) is 19.5 Å². The number of amides is 1. The molecular formula is C36H47N7O6. The smallest absolute Gasteiger partial charge is 0.328 e. The van der Waals surface area contributed by atoms with Crippen LogP contribution >= 0.6 is 0 Å². The van der Waals surface area contributed by atoms with Gasteiger partial charge in [0.1, 0.15) is 5.52 Å². The number of carbonyl (C=O) groups excluding carboxylic acids is 2. The van der Waals surface area contributed by atoms with Crippen LogP contribution in [0, 0.1) is 0 Å². The predicted octanol–water partition coefficient (Wildman–Crippen LogP) is 3.30. The molecule has 13 nitrogen and oxygen atoms in total. The molecule has 49 heavy (non-hydrogen) atoms. The van der Waals surface area contributed by atoms with Crippen molar-refractivity contribution in [2.45, 2.75) is 83.0 Å². The van der Waals surface area contributed by atoms with Gasteiger partial charge in [-0.25, -0.2) is 4.79 Å². The second-order valence-corrected chi connectivity index (χ2v) is 12.7. The van der Waals surface area contributed by atoms with E-state index in [1.54, 1.807) is 0 Å². The molecule has 1 aliphatic rings. The maximum atomic E-state index is 13.8. The van der Waals surface area contributed by atoms with E-state index >= 15 is 0 Å². The number of esters is 1. The molecule has 5 N–H and O–H groups in total. The van der Waals surface area contributed by atoms with Crippen molar-refractivity contribution in [3.63, 3.8) is 0 Å². The summed E-state index contributed by atoms with van der Waals surface area (Å²) in [5.74, 6) is -0.379. The van der Waals surface area contributed by atoms with Crippen LogP contribution in [0.1, 0.15) is 68.7 Å². The van der Waals surface area contributed by atoms with Crippen molar-refractivity contribution in [1.29, 1.82) is 0 Å². The minimum absolute atomic E-state index is 0.0621. The maximum absolute atomic E-state index is 13.8. The standard InChI is InChI=1S/C36H47N7O6/c1-4-6-19-49-34-40-31(37)30-32(41-34)43(35(46)39-30)28-23-42(18-17-36(28,47)21-25-11-8-7-9-12-25)27(10-5-2)33(45)38-22-26-15-13-24(14-16-26)20-29(44)48-3/h7-9,11-16,27-28,47H,4-6,10,17-23H2,1-3H3,(H,38,45)(H,39,46)(H2,37,40,41). The molecule has 1 aliphatic heterocycles. The van der Waals surface area contributed by atoms with E-state index in [1.807, 2.05) is 68.4 Å². The number of aromatic amines is 1. The first-order valence-electron chi connectivity index (χ1n) is 17.0. The van der Waals surface area contributed by atoms with Crippen LogP contribution in [0.4, 0.5) is 5.82 Å². The number of fused-ring (bicyclic) bond motifs is 1. The number of hydrogen-bond donors (Lipinski definition) is 4. The van der Waals surface area contributed by atoms with E-state index in [4.69, 9.17) is 15.2 Å². The van der Waals surface area contributed by atoms with Gasteiger partial charge in [-0.05, 0) is 36.0 Å². The van der Waals surface area contributed by atoms with E-state index in [2.05, 4.69) is 25.2 Å². The van der Waals surface area contributed by atoms with Crippen LogP contribution in [-0.4, -0.2) is 79.9 Å². The zero-order valence-electron chi connectivity index (χ0n) is 28.5. The number of nitrogens with two attached hydrogens (primary N) is 1.